The van der Waals surface area contributed by atoms with Gasteiger partial charge < -0.3 is 4.90 Å². The maximum Gasteiger partial charge on any atom is -0.00244 e. The van der Waals surface area contributed by atoms with Crippen molar-refractivity contribution in [3.63, 3.8) is 0 Å². The summed E-state index contributed by atoms with van der Waals surface area (Å²) in [7, 11) is 2.17. The third-order valence-electron chi connectivity index (χ3n) is 3.10. The monoisotopic (exact) mass is 329 g/mol. The van der Waals surface area contributed by atoms with E-state index in [-0.39, 0.29) is 0 Å². The minimum Gasteiger partial charge on any atom is -0.306 e. The van der Waals surface area contributed by atoms with E-state index in [9.17, 15) is 0 Å². The molecule has 23 heavy (non-hydrogen) atoms. The van der Waals surface area contributed by atoms with Crippen LogP contribution in [0.5, 0.6) is 0 Å². The van der Waals surface area contributed by atoms with E-state index in [4.69, 9.17) is 0 Å². The maximum atomic E-state index is 2.36. The molecule has 0 rings (SSSR count). The Morgan fingerprint density at radius 2 is 1.09 bits per heavy atom. The lowest BCUT2D eigenvalue weighted by Gasteiger charge is -2.12. The second kappa shape index (κ2) is 20.0. The van der Waals surface area contributed by atoms with E-state index in [1.807, 2.05) is 0 Å². The summed E-state index contributed by atoms with van der Waals surface area (Å²) in [4.78, 5) is 2.36. The average Bonchev–Trinajstić information content (AvgIpc) is 2.37. The van der Waals surface area contributed by atoms with Crippen LogP contribution in [0, 0.1) is 11.3 Å². The van der Waals surface area contributed by atoms with Crippen LogP contribution in [0.3, 0.4) is 0 Å². The highest BCUT2D eigenvalue weighted by Gasteiger charge is 1.95. The van der Waals surface area contributed by atoms with Crippen molar-refractivity contribution in [3.05, 3.63) is 0 Å². The molecule has 0 aliphatic rings. The predicted octanol–water partition coefficient (Wildman–Crippen LogP) is 7.79. The van der Waals surface area contributed by atoms with E-state index in [1.54, 1.807) is 0 Å². The summed E-state index contributed by atoms with van der Waals surface area (Å²) >= 11 is 0. The molecule has 0 aromatic carbocycles. The summed E-state index contributed by atoms with van der Waals surface area (Å²) < 4.78 is 0. The van der Waals surface area contributed by atoms with Crippen LogP contribution in [-0.2, 0) is 0 Å². The quantitative estimate of drug-likeness (QED) is 0.370. The molecular formula is C22H51N. The summed E-state index contributed by atoms with van der Waals surface area (Å²) in [6.45, 7) is 22.5. The molecule has 144 valence electrons. The van der Waals surface area contributed by atoms with E-state index in [0.29, 0.717) is 5.41 Å². The molecule has 0 N–H and O–H groups in total. The Morgan fingerprint density at radius 1 is 0.696 bits per heavy atom. The normalized spacial score (nSPS) is 11.0. The lowest BCUT2D eigenvalue weighted by Crippen LogP contribution is -2.19. The molecule has 0 saturated carbocycles. The molecule has 0 heterocycles. The van der Waals surface area contributed by atoms with E-state index in [2.05, 4.69) is 74.3 Å². The van der Waals surface area contributed by atoms with Crippen LogP contribution in [0.2, 0.25) is 0 Å². The molecule has 0 spiro atoms. The molecule has 0 aromatic heterocycles. The van der Waals surface area contributed by atoms with Gasteiger partial charge in [-0.1, -0.05) is 101 Å². The summed E-state index contributed by atoms with van der Waals surface area (Å²) in [5, 5.41) is 0. The van der Waals surface area contributed by atoms with Gasteiger partial charge in [0.25, 0.3) is 0 Å². The van der Waals surface area contributed by atoms with Crippen molar-refractivity contribution < 1.29 is 0 Å². The Labute approximate surface area is 150 Å². The van der Waals surface area contributed by atoms with Crippen molar-refractivity contribution in [1.82, 2.24) is 4.90 Å². The molecule has 0 aliphatic heterocycles. The van der Waals surface area contributed by atoms with Gasteiger partial charge >= 0.3 is 0 Å². The van der Waals surface area contributed by atoms with E-state index < -0.39 is 0 Å². The Balaban J connectivity index is -0.000000276. The van der Waals surface area contributed by atoms with Crippen molar-refractivity contribution in [3.8, 4) is 0 Å². The summed E-state index contributed by atoms with van der Waals surface area (Å²) in [5.74, 6) is 0.904. The van der Waals surface area contributed by atoms with Gasteiger partial charge in [0.15, 0.2) is 0 Å². The third-order valence-corrected chi connectivity index (χ3v) is 3.10. The highest BCUT2D eigenvalue weighted by atomic mass is 15.1. The number of rotatable bonds is 10. The smallest absolute Gasteiger partial charge is 0.00244 e. The van der Waals surface area contributed by atoms with E-state index in [0.717, 1.165) is 5.92 Å². The van der Waals surface area contributed by atoms with Crippen LogP contribution in [0.15, 0.2) is 0 Å². The molecule has 0 atom stereocenters. The van der Waals surface area contributed by atoms with Crippen molar-refractivity contribution in [1.29, 1.82) is 0 Å². The predicted molar refractivity (Wildman–Crippen MR) is 111 cm³/mol. The molecular weight excluding hydrogens is 278 g/mol. The Morgan fingerprint density at radius 3 is 1.39 bits per heavy atom. The fourth-order valence-electron chi connectivity index (χ4n) is 2.03. The SMILES string of the molecule is CC(C)(C)C.CCCCCCCC(C)C.CCCN(C)CCC. The summed E-state index contributed by atoms with van der Waals surface area (Å²) in [6, 6.07) is 0. The van der Waals surface area contributed by atoms with Gasteiger partial charge in [0, 0.05) is 0 Å². The highest BCUT2D eigenvalue weighted by Crippen LogP contribution is 2.10. The Bertz CT molecular complexity index is 179. The lowest BCUT2D eigenvalue weighted by molar-refractivity contribution is 0.335. The number of unbranched alkanes of at least 4 members (excludes halogenated alkanes) is 4. The minimum atomic E-state index is 0.500. The van der Waals surface area contributed by atoms with Gasteiger partial charge in [-0.3, -0.25) is 0 Å². The number of hydrogen-bond acceptors (Lipinski definition) is 1. The zero-order valence-electron chi connectivity index (χ0n) is 18.6. The van der Waals surface area contributed by atoms with Gasteiger partial charge in [0.05, 0.1) is 0 Å². The van der Waals surface area contributed by atoms with Crippen LogP contribution < -0.4 is 0 Å². The fraction of sp³-hybridized carbons (Fsp3) is 1.00. The molecule has 0 fully saturated rings. The average molecular weight is 330 g/mol. The van der Waals surface area contributed by atoms with Gasteiger partial charge in [-0.25, -0.2) is 0 Å². The Kier molecular flexibility index (Phi) is 24.2. The third kappa shape index (κ3) is 52.1. The molecule has 1 nitrogen and oxygen atoms in total. The molecule has 0 amide bonds. The second-order valence-electron chi connectivity index (χ2n) is 8.90. The van der Waals surface area contributed by atoms with Crippen LogP contribution in [0.4, 0.5) is 0 Å². The van der Waals surface area contributed by atoms with Gasteiger partial charge in [-0.2, -0.15) is 0 Å². The number of nitrogens with zero attached hydrogens (tertiary/aromatic N) is 1. The first-order valence-corrected chi connectivity index (χ1v) is 10.3. The zero-order valence-corrected chi connectivity index (χ0v) is 18.6. The van der Waals surface area contributed by atoms with Gasteiger partial charge in [-0.15, -0.1) is 0 Å². The largest absolute Gasteiger partial charge is 0.306 e. The molecule has 0 aliphatic carbocycles. The summed E-state index contributed by atoms with van der Waals surface area (Å²) in [5.41, 5.74) is 0.500. The van der Waals surface area contributed by atoms with Gasteiger partial charge in [0.2, 0.25) is 0 Å². The van der Waals surface area contributed by atoms with Crippen molar-refractivity contribution in [2.24, 2.45) is 11.3 Å². The second-order valence-corrected chi connectivity index (χ2v) is 8.90. The molecule has 0 bridgehead atoms. The minimum absolute atomic E-state index is 0.500. The van der Waals surface area contributed by atoms with Crippen molar-refractivity contribution in [2.75, 3.05) is 20.1 Å². The Hall–Kier alpha value is -0.0400. The van der Waals surface area contributed by atoms with Crippen LogP contribution in [0.25, 0.3) is 0 Å². The topological polar surface area (TPSA) is 3.24 Å². The molecule has 0 unspecified atom stereocenters. The first-order valence-electron chi connectivity index (χ1n) is 10.3. The lowest BCUT2D eigenvalue weighted by atomic mass is 10.0. The maximum absolute atomic E-state index is 2.36. The number of hydrogen-bond donors (Lipinski definition) is 0. The van der Waals surface area contributed by atoms with Crippen molar-refractivity contribution >= 4 is 0 Å². The van der Waals surface area contributed by atoms with Crippen molar-refractivity contribution in [2.45, 2.75) is 114 Å². The standard InChI is InChI=1S/C10H22.C7H17N.C5H12/c1-4-5-6-7-8-9-10(2)3;1-4-6-8(3)7-5-2;1-5(2,3)4/h10H,4-9H2,1-3H3;4-7H2,1-3H3;1-4H3. The van der Waals surface area contributed by atoms with Crippen LogP contribution >= 0.6 is 0 Å². The first-order chi connectivity index (χ1) is 10.6. The molecule has 0 saturated heterocycles. The highest BCUT2D eigenvalue weighted by molar-refractivity contribution is 4.48. The molecule has 0 aromatic rings. The van der Waals surface area contributed by atoms with Gasteiger partial charge in [-0.05, 0) is 44.3 Å². The van der Waals surface area contributed by atoms with E-state index in [1.165, 1.54) is 64.5 Å². The molecule has 0 radical (unpaired) electrons. The fourth-order valence-corrected chi connectivity index (χ4v) is 2.03. The first kappa shape index (κ1) is 27.8. The van der Waals surface area contributed by atoms with E-state index >= 15 is 0 Å². The summed E-state index contributed by atoms with van der Waals surface area (Å²) in [6.07, 6.45) is 11.1. The van der Waals surface area contributed by atoms with Crippen LogP contribution in [0.1, 0.15) is 114 Å². The van der Waals surface area contributed by atoms with Gasteiger partial charge in [0.1, 0.15) is 0 Å². The molecule has 1 heteroatoms. The zero-order chi connectivity index (χ0) is 18.7. The van der Waals surface area contributed by atoms with Crippen LogP contribution in [-0.4, -0.2) is 25.0 Å².